The second-order valence-corrected chi connectivity index (χ2v) is 8.00. The highest BCUT2D eigenvalue weighted by atomic mass is 32.1. The molecule has 1 fully saturated rings. The van der Waals surface area contributed by atoms with E-state index in [1.807, 2.05) is 46.8 Å². The highest BCUT2D eigenvalue weighted by Gasteiger charge is 2.27. The Balaban J connectivity index is 1.51. The summed E-state index contributed by atoms with van der Waals surface area (Å²) in [5.74, 6) is 0.561. The molecule has 4 rings (SSSR count). The second-order valence-electron chi connectivity index (χ2n) is 6.74. The van der Waals surface area contributed by atoms with E-state index in [-0.39, 0.29) is 5.91 Å². The number of rotatable bonds is 3. The summed E-state index contributed by atoms with van der Waals surface area (Å²) in [6, 6.07) is 5.92. The number of aryl methyl sites for hydroxylation is 2. The van der Waals surface area contributed by atoms with Crippen molar-refractivity contribution >= 4 is 22.9 Å². The summed E-state index contributed by atoms with van der Waals surface area (Å²) >= 11 is 1.75. The lowest BCUT2D eigenvalue weighted by molar-refractivity contribution is -0.131. The van der Waals surface area contributed by atoms with Gasteiger partial charge in [-0.25, -0.2) is 9.97 Å². The zero-order valence-corrected chi connectivity index (χ0v) is 15.4. The molecular weight excluding hydrogens is 332 g/mol. The molecule has 3 aromatic rings. The molecule has 1 aliphatic heterocycles. The van der Waals surface area contributed by atoms with Crippen LogP contribution in [0.2, 0.25) is 0 Å². The van der Waals surface area contributed by atoms with Gasteiger partial charge >= 0.3 is 0 Å². The lowest BCUT2D eigenvalue weighted by Crippen LogP contribution is -2.40. The lowest BCUT2D eigenvalue weighted by Gasteiger charge is -2.32. The first kappa shape index (κ1) is 16.3. The number of carbonyl (C=O) groups is 1. The van der Waals surface area contributed by atoms with Gasteiger partial charge in [0.1, 0.15) is 5.65 Å². The van der Waals surface area contributed by atoms with Crippen molar-refractivity contribution in [1.82, 2.24) is 19.3 Å². The predicted octanol–water partition coefficient (Wildman–Crippen LogP) is 3.36. The SMILES string of the molecule is Cc1cnc([C@@H]2CCCN(C(=O)Cc3c(C)nc4ccccn34)C2)s1. The van der Waals surface area contributed by atoms with E-state index in [4.69, 9.17) is 0 Å². The Labute approximate surface area is 151 Å². The van der Waals surface area contributed by atoms with Crippen LogP contribution in [0.3, 0.4) is 0 Å². The third kappa shape index (κ3) is 3.18. The fourth-order valence-electron chi connectivity index (χ4n) is 3.60. The van der Waals surface area contributed by atoms with Crippen LogP contribution < -0.4 is 0 Å². The van der Waals surface area contributed by atoms with Gasteiger partial charge in [-0.3, -0.25) is 4.79 Å². The van der Waals surface area contributed by atoms with Crippen molar-refractivity contribution in [2.24, 2.45) is 0 Å². The molecule has 5 nitrogen and oxygen atoms in total. The van der Waals surface area contributed by atoms with E-state index in [9.17, 15) is 4.79 Å². The number of fused-ring (bicyclic) bond motifs is 1. The normalized spacial score (nSPS) is 18.0. The Hall–Kier alpha value is -2.21. The maximum absolute atomic E-state index is 12.9. The maximum Gasteiger partial charge on any atom is 0.228 e. The van der Waals surface area contributed by atoms with Gasteiger partial charge in [0.25, 0.3) is 0 Å². The summed E-state index contributed by atoms with van der Waals surface area (Å²) in [7, 11) is 0. The van der Waals surface area contributed by atoms with E-state index in [1.165, 1.54) is 9.88 Å². The smallest absolute Gasteiger partial charge is 0.228 e. The van der Waals surface area contributed by atoms with Gasteiger partial charge in [-0.05, 0) is 38.8 Å². The third-order valence-electron chi connectivity index (χ3n) is 4.91. The predicted molar refractivity (Wildman–Crippen MR) is 99.0 cm³/mol. The lowest BCUT2D eigenvalue weighted by atomic mass is 9.98. The van der Waals surface area contributed by atoms with Crippen molar-refractivity contribution in [1.29, 1.82) is 0 Å². The Bertz CT molecular complexity index is 913. The number of aromatic nitrogens is 3. The average molecular weight is 354 g/mol. The molecule has 6 heteroatoms. The zero-order valence-electron chi connectivity index (χ0n) is 14.6. The molecule has 1 saturated heterocycles. The number of hydrogen-bond acceptors (Lipinski definition) is 4. The van der Waals surface area contributed by atoms with E-state index < -0.39 is 0 Å². The van der Waals surface area contributed by atoms with Gasteiger partial charge in [0, 0.05) is 36.3 Å². The van der Waals surface area contributed by atoms with Gasteiger partial charge in [0.2, 0.25) is 5.91 Å². The van der Waals surface area contributed by atoms with E-state index in [0.717, 1.165) is 43.0 Å². The number of thiazole rings is 1. The molecule has 3 aromatic heterocycles. The van der Waals surface area contributed by atoms with E-state index in [1.54, 1.807) is 11.3 Å². The van der Waals surface area contributed by atoms with Gasteiger partial charge in [-0.1, -0.05) is 6.07 Å². The summed E-state index contributed by atoms with van der Waals surface area (Å²) in [5.41, 5.74) is 2.83. The number of imidazole rings is 1. The van der Waals surface area contributed by atoms with Crippen LogP contribution in [0.4, 0.5) is 0 Å². The largest absolute Gasteiger partial charge is 0.342 e. The first-order chi connectivity index (χ1) is 12.1. The molecule has 0 saturated carbocycles. The molecule has 1 atom stereocenters. The zero-order chi connectivity index (χ0) is 17.4. The highest BCUT2D eigenvalue weighted by molar-refractivity contribution is 7.11. The van der Waals surface area contributed by atoms with E-state index in [0.29, 0.717) is 12.3 Å². The van der Waals surface area contributed by atoms with Gasteiger partial charge in [0.15, 0.2) is 0 Å². The van der Waals surface area contributed by atoms with Crippen LogP contribution in [0.25, 0.3) is 5.65 Å². The molecule has 0 bridgehead atoms. The number of piperidine rings is 1. The number of nitrogens with zero attached hydrogens (tertiary/aromatic N) is 4. The molecule has 0 spiro atoms. The Kier molecular flexibility index (Phi) is 4.29. The first-order valence-corrected chi connectivity index (χ1v) is 9.56. The summed E-state index contributed by atoms with van der Waals surface area (Å²) in [6.07, 6.45) is 6.48. The molecule has 1 aliphatic rings. The molecule has 1 amide bonds. The second kappa shape index (κ2) is 6.59. The quantitative estimate of drug-likeness (QED) is 0.725. The highest BCUT2D eigenvalue weighted by Crippen LogP contribution is 2.30. The van der Waals surface area contributed by atoms with Crippen LogP contribution in [0, 0.1) is 13.8 Å². The van der Waals surface area contributed by atoms with Crippen LogP contribution >= 0.6 is 11.3 Å². The molecule has 0 aromatic carbocycles. The minimum atomic E-state index is 0.187. The number of carbonyl (C=O) groups excluding carboxylic acids is 1. The van der Waals surface area contributed by atoms with Crippen LogP contribution in [0.1, 0.15) is 40.0 Å². The molecule has 0 N–H and O–H groups in total. The number of pyridine rings is 1. The van der Waals surface area contributed by atoms with Crippen molar-refractivity contribution in [2.45, 2.75) is 39.0 Å². The van der Waals surface area contributed by atoms with Crippen LogP contribution in [-0.4, -0.2) is 38.3 Å². The molecule has 25 heavy (non-hydrogen) atoms. The monoisotopic (exact) mass is 354 g/mol. The first-order valence-electron chi connectivity index (χ1n) is 8.74. The van der Waals surface area contributed by atoms with Gasteiger partial charge in [-0.2, -0.15) is 0 Å². The average Bonchev–Trinajstić information content (AvgIpc) is 3.19. The molecule has 0 aliphatic carbocycles. The van der Waals surface area contributed by atoms with Crippen molar-refractivity contribution in [3.05, 3.63) is 51.9 Å². The Morgan fingerprint density at radius 1 is 1.36 bits per heavy atom. The topological polar surface area (TPSA) is 50.5 Å². The van der Waals surface area contributed by atoms with E-state index >= 15 is 0 Å². The summed E-state index contributed by atoms with van der Waals surface area (Å²) in [5, 5.41) is 1.17. The van der Waals surface area contributed by atoms with Crippen LogP contribution in [-0.2, 0) is 11.2 Å². The van der Waals surface area contributed by atoms with Crippen molar-refractivity contribution in [2.75, 3.05) is 13.1 Å². The number of hydrogen-bond donors (Lipinski definition) is 0. The number of amides is 1. The van der Waals surface area contributed by atoms with Gasteiger partial charge in [0.05, 0.1) is 22.8 Å². The summed E-state index contributed by atoms with van der Waals surface area (Å²) < 4.78 is 2.03. The van der Waals surface area contributed by atoms with Crippen LogP contribution in [0.15, 0.2) is 30.6 Å². The van der Waals surface area contributed by atoms with Crippen molar-refractivity contribution < 1.29 is 4.79 Å². The Morgan fingerprint density at radius 2 is 2.24 bits per heavy atom. The number of likely N-dealkylation sites (tertiary alicyclic amines) is 1. The molecule has 0 radical (unpaired) electrons. The molecular formula is C19H22N4OS. The fraction of sp³-hybridized carbons (Fsp3) is 0.421. The molecule has 4 heterocycles. The minimum absolute atomic E-state index is 0.187. The van der Waals surface area contributed by atoms with Crippen LogP contribution in [0.5, 0.6) is 0 Å². The summed E-state index contributed by atoms with van der Waals surface area (Å²) in [4.78, 5) is 25.2. The maximum atomic E-state index is 12.9. The summed E-state index contributed by atoms with van der Waals surface area (Å²) in [6.45, 7) is 5.68. The fourth-order valence-corrected chi connectivity index (χ4v) is 4.50. The van der Waals surface area contributed by atoms with Crippen molar-refractivity contribution in [3.63, 3.8) is 0 Å². The Morgan fingerprint density at radius 3 is 3.04 bits per heavy atom. The van der Waals surface area contributed by atoms with Gasteiger partial charge < -0.3 is 9.30 Å². The standard InChI is InChI=1S/C19H22N4OS/c1-13-11-20-19(25-13)15-6-5-8-22(12-15)18(24)10-16-14(2)21-17-7-3-4-9-23(16)17/h3-4,7,9,11,15H,5-6,8,10,12H2,1-2H3/t15-/m1/s1. The molecule has 0 unspecified atom stereocenters. The minimum Gasteiger partial charge on any atom is -0.342 e. The van der Waals surface area contributed by atoms with Gasteiger partial charge in [-0.15, -0.1) is 11.3 Å². The third-order valence-corrected chi connectivity index (χ3v) is 5.99. The van der Waals surface area contributed by atoms with E-state index in [2.05, 4.69) is 16.9 Å². The molecule has 130 valence electrons. The van der Waals surface area contributed by atoms with Crippen molar-refractivity contribution in [3.8, 4) is 0 Å².